The molecule has 1 atom stereocenters. The number of hydrogen-bond acceptors (Lipinski definition) is 2. The van der Waals surface area contributed by atoms with E-state index in [1.807, 2.05) is 29.8 Å². The summed E-state index contributed by atoms with van der Waals surface area (Å²) >= 11 is 1.68. The zero-order valence-electron chi connectivity index (χ0n) is 10.5. The second kappa shape index (κ2) is 9.86. The molecule has 97 valence electrons. The van der Waals surface area contributed by atoms with E-state index in [0.717, 1.165) is 11.3 Å². The molecule has 4 nitrogen and oxygen atoms in total. The van der Waals surface area contributed by atoms with Crippen LogP contribution in [0, 0.1) is 35.6 Å². The third-order valence-electron chi connectivity index (χ3n) is 2.61. The van der Waals surface area contributed by atoms with Gasteiger partial charge in [0.1, 0.15) is 12.1 Å². The molecule has 1 radical (unpaired) electrons. The average Bonchev–Trinajstić information content (AvgIpc) is 2.31. The maximum atomic E-state index is 11.1. The fraction of sp³-hybridized carbons (Fsp3) is 0.417. The quantitative estimate of drug-likeness (QED) is 0.634. The van der Waals surface area contributed by atoms with Crippen molar-refractivity contribution in [2.24, 2.45) is 0 Å². The van der Waals surface area contributed by atoms with Gasteiger partial charge in [0, 0.05) is 52.9 Å². The first-order chi connectivity index (χ1) is 8.15. The minimum atomic E-state index is -0.526. The number of rotatable bonds is 7. The summed E-state index contributed by atoms with van der Waals surface area (Å²) in [5.74, 6) is 0.847. The first kappa shape index (κ1) is 18.0. The van der Waals surface area contributed by atoms with Crippen LogP contribution in [0.2, 0.25) is 0 Å². The van der Waals surface area contributed by atoms with Crippen LogP contribution in [0.25, 0.3) is 0 Å². The Morgan fingerprint density at radius 3 is 2.67 bits per heavy atom. The Hall–Kier alpha value is -0.00519. The van der Waals surface area contributed by atoms with Crippen LogP contribution in [0.4, 0.5) is 0 Å². The molecule has 0 amide bonds. The van der Waals surface area contributed by atoms with E-state index in [4.69, 9.17) is 10.2 Å². The summed E-state index contributed by atoms with van der Waals surface area (Å²) in [6, 6.07) is 7.04. The standard InChI is InChI=1S/C12H17NO3S.La/c1-17-7-6-10(12(15)16)13-8-9-4-2-3-5-11(9)14;/h2-5,10,13-14H,6-8H2,1H3,(H,15,16);/p+3. The SMILES string of the molecule is CSCCC([NH2+]Cc1ccccc1[OH2+])C(=O)[OH2+].[La]. The topological polar surface area (TPSA) is 79.5 Å². The van der Waals surface area contributed by atoms with Gasteiger partial charge in [-0.3, -0.25) is 0 Å². The van der Waals surface area contributed by atoms with Gasteiger partial charge in [-0.15, -0.1) is 0 Å². The van der Waals surface area contributed by atoms with Gasteiger partial charge in [-0.25, -0.2) is 0 Å². The van der Waals surface area contributed by atoms with Crippen molar-refractivity contribution in [1.29, 1.82) is 0 Å². The van der Waals surface area contributed by atoms with E-state index >= 15 is 0 Å². The summed E-state index contributed by atoms with van der Waals surface area (Å²) in [7, 11) is 0. The molecule has 6 N–H and O–H groups in total. The summed E-state index contributed by atoms with van der Waals surface area (Å²) in [5, 5.41) is 16.8. The van der Waals surface area contributed by atoms with Crippen molar-refractivity contribution in [2.75, 3.05) is 12.0 Å². The molecule has 1 aromatic rings. The summed E-state index contributed by atoms with van der Waals surface area (Å²) in [6.45, 7) is 0.587. The third-order valence-corrected chi connectivity index (χ3v) is 3.25. The number of thioether (sulfide) groups is 1. The molecule has 1 unspecified atom stereocenters. The van der Waals surface area contributed by atoms with Gasteiger partial charge in [0.25, 0.3) is 5.75 Å². The Kier molecular flexibility index (Phi) is 9.86. The molecule has 0 saturated carbocycles. The van der Waals surface area contributed by atoms with Gasteiger partial charge in [-0.2, -0.15) is 11.8 Å². The Morgan fingerprint density at radius 2 is 2.11 bits per heavy atom. The Balaban J connectivity index is 0.00000289. The zero-order chi connectivity index (χ0) is 12.7. The molecule has 0 heterocycles. The molecular formula is C12H20LaNO3S+3. The van der Waals surface area contributed by atoms with E-state index in [1.165, 1.54) is 0 Å². The summed E-state index contributed by atoms with van der Waals surface area (Å²) < 4.78 is 0. The van der Waals surface area contributed by atoms with Gasteiger partial charge < -0.3 is 15.5 Å². The number of para-hydroxylation sites is 1. The van der Waals surface area contributed by atoms with Crippen LogP contribution in [0.5, 0.6) is 5.75 Å². The fourth-order valence-electron chi connectivity index (χ4n) is 1.57. The molecule has 0 aliphatic heterocycles. The van der Waals surface area contributed by atoms with E-state index in [0.29, 0.717) is 18.7 Å². The maximum absolute atomic E-state index is 11.1. The largest absolute Gasteiger partial charge is 0.593 e. The number of carbonyl (C=O) groups excluding carboxylic acids is 1. The summed E-state index contributed by atoms with van der Waals surface area (Å²) in [6.07, 6.45) is 2.70. The van der Waals surface area contributed by atoms with Crippen molar-refractivity contribution in [3.05, 3.63) is 29.8 Å². The van der Waals surface area contributed by atoms with Crippen molar-refractivity contribution in [2.45, 2.75) is 19.0 Å². The monoisotopic (exact) mass is 397 g/mol. The minimum Gasteiger partial charge on any atom is -0.593 e. The van der Waals surface area contributed by atoms with Gasteiger partial charge in [0.05, 0.1) is 0 Å². The second-order valence-electron chi connectivity index (χ2n) is 3.85. The summed E-state index contributed by atoms with van der Waals surface area (Å²) in [4.78, 5) is 11.1. The van der Waals surface area contributed by atoms with Crippen LogP contribution < -0.4 is 5.32 Å². The first-order valence-electron chi connectivity index (χ1n) is 5.52. The number of nitrogens with two attached hydrogens (primary N) is 1. The third kappa shape index (κ3) is 6.25. The van der Waals surface area contributed by atoms with Crippen molar-refractivity contribution in [3.8, 4) is 5.75 Å². The van der Waals surface area contributed by atoms with E-state index in [-0.39, 0.29) is 41.6 Å². The summed E-state index contributed by atoms with van der Waals surface area (Å²) in [5.41, 5.74) is 0.905. The molecule has 0 saturated heterocycles. The van der Waals surface area contributed by atoms with E-state index in [9.17, 15) is 4.79 Å². The predicted octanol–water partition coefficient (Wildman–Crippen LogP) is -0.439. The van der Waals surface area contributed by atoms with Gasteiger partial charge in [-0.1, -0.05) is 12.1 Å². The fourth-order valence-corrected chi connectivity index (χ4v) is 2.06. The number of carbonyl (C=O) groups is 1. The smallest absolute Gasteiger partial charge is 0.574 e. The molecule has 0 aromatic heterocycles. The molecule has 0 aliphatic rings. The molecule has 0 aliphatic carbocycles. The van der Waals surface area contributed by atoms with E-state index < -0.39 is 5.97 Å². The first-order valence-corrected chi connectivity index (χ1v) is 6.91. The Labute approximate surface area is 139 Å². The van der Waals surface area contributed by atoms with Crippen molar-refractivity contribution in [1.82, 2.24) is 0 Å². The molecule has 0 fully saturated rings. The van der Waals surface area contributed by atoms with Crippen molar-refractivity contribution < 1.29 is 55.9 Å². The van der Waals surface area contributed by atoms with Crippen molar-refractivity contribution >= 4 is 17.7 Å². The van der Waals surface area contributed by atoms with Gasteiger partial charge in [0.15, 0.2) is 0 Å². The van der Waals surface area contributed by atoms with Gasteiger partial charge in [-0.05, 0) is 18.1 Å². The molecule has 1 rings (SSSR count). The van der Waals surface area contributed by atoms with Crippen LogP contribution >= 0.6 is 11.8 Å². The minimum absolute atomic E-state index is 0. The second-order valence-corrected chi connectivity index (χ2v) is 4.83. The predicted molar refractivity (Wildman–Crippen MR) is 70.5 cm³/mol. The molecule has 18 heavy (non-hydrogen) atoms. The van der Waals surface area contributed by atoms with Gasteiger partial charge >= 0.3 is 5.97 Å². The van der Waals surface area contributed by atoms with Crippen LogP contribution in [0.15, 0.2) is 24.3 Å². The van der Waals surface area contributed by atoms with E-state index in [1.54, 1.807) is 17.8 Å². The number of quaternary nitrogens is 1. The molecular weight excluding hydrogens is 377 g/mol. The molecule has 0 spiro atoms. The van der Waals surface area contributed by atoms with Crippen LogP contribution in [-0.2, 0) is 11.3 Å². The van der Waals surface area contributed by atoms with E-state index in [2.05, 4.69) is 0 Å². The van der Waals surface area contributed by atoms with Crippen LogP contribution in [0.1, 0.15) is 12.0 Å². The van der Waals surface area contributed by atoms with Crippen molar-refractivity contribution in [3.63, 3.8) is 0 Å². The van der Waals surface area contributed by atoms with Crippen LogP contribution in [-0.4, -0.2) is 34.2 Å². The number of hydrogen-bond donors (Lipinski definition) is 1. The molecule has 1 aromatic carbocycles. The zero-order valence-corrected chi connectivity index (χ0v) is 14.9. The normalized spacial score (nSPS) is 11.6. The maximum Gasteiger partial charge on any atom is 0.574 e. The van der Waals surface area contributed by atoms with Crippen LogP contribution in [0.3, 0.4) is 0 Å². The Bertz CT molecular complexity index is 376. The molecule has 6 heteroatoms. The number of benzene rings is 1. The molecule has 0 bridgehead atoms. The Morgan fingerprint density at radius 1 is 1.44 bits per heavy atom. The van der Waals surface area contributed by atoms with Gasteiger partial charge in [0.2, 0.25) is 6.04 Å². The average molecular weight is 397 g/mol.